The van der Waals surface area contributed by atoms with Gasteiger partial charge in [0.05, 0.1) is 11.3 Å². The van der Waals surface area contributed by atoms with E-state index in [0.29, 0.717) is 11.3 Å². The van der Waals surface area contributed by atoms with Crippen LogP contribution in [0.2, 0.25) is 0 Å². The SMILES string of the molecule is CC(C)c1ncncc1C(=O)NN. The highest BCUT2D eigenvalue weighted by molar-refractivity contribution is 5.94. The zero-order valence-electron chi connectivity index (χ0n) is 7.61. The monoisotopic (exact) mass is 180 g/mol. The quantitative estimate of drug-likeness (QED) is 0.387. The van der Waals surface area contributed by atoms with Crippen LogP contribution < -0.4 is 11.3 Å². The first-order valence-electron chi connectivity index (χ1n) is 3.97. The normalized spacial score (nSPS) is 10.2. The van der Waals surface area contributed by atoms with E-state index < -0.39 is 0 Å². The van der Waals surface area contributed by atoms with Crippen molar-refractivity contribution in [1.29, 1.82) is 0 Å². The summed E-state index contributed by atoms with van der Waals surface area (Å²) in [4.78, 5) is 19.0. The van der Waals surface area contributed by atoms with Crippen LogP contribution in [-0.2, 0) is 0 Å². The molecule has 1 aromatic rings. The van der Waals surface area contributed by atoms with Crippen LogP contribution >= 0.6 is 0 Å². The van der Waals surface area contributed by atoms with Crippen LogP contribution in [0.3, 0.4) is 0 Å². The predicted octanol–water partition coefficient (Wildman–Crippen LogP) is 0.203. The molecule has 0 atom stereocenters. The third kappa shape index (κ3) is 2.00. The van der Waals surface area contributed by atoms with Crippen LogP contribution in [0.1, 0.15) is 35.8 Å². The molecule has 0 aliphatic rings. The number of nitrogens with zero attached hydrogens (tertiary/aromatic N) is 2. The van der Waals surface area contributed by atoms with Crippen LogP contribution in [0.5, 0.6) is 0 Å². The number of hydrazine groups is 1. The van der Waals surface area contributed by atoms with Gasteiger partial charge in [-0.05, 0) is 5.92 Å². The molecule has 0 spiro atoms. The Morgan fingerprint density at radius 3 is 2.85 bits per heavy atom. The van der Waals surface area contributed by atoms with Crippen LogP contribution in [0.25, 0.3) is 0 Å². The fourth-order valence-electron chi connectivity index (χ4n) is 1.05. The van der Waals surface area contributed by atoms with E-state index in [1.165, 1.54) is 12.5 Å². The molecule has 0 saturated carbocycles. The number of rotatable bonds is 2. The van der Waals surface area contributed by atoms with E-state index in [-0.39, 0.29) is 11.8 Å². The highest BCUT2D eigenvalue weighted by atomic mass is 16.2. The van der Waals surface area contributed by atoms with E-state index in [2.05, 4.69) is 15.4 Å². The number of nitrogens with one attached hydrogen (secondary N) is 1. The molecule has 3 N–H and O–H groups in total. The molecule has 13 heavy (non-hydrogen) atoms. The van der Waals surface area contributed by atoms with Crippen molar-refractivity contribution in [2.24, 2.45) is 5.84 Å². The Labute approximate surface area is 76.4 Å². The van der Waals surface area contributed by atoms with Gasteiger partial charge >= 0.3 is 0 Å². The number of nitrogen functional groups attached to an aromatic ring is 1. The second kappa shape index (κ2) is 3.95. The third-order valence-electron chi connectivity index (χ3n) is 1.67. The van der Waals surface area contributed by atoms with Crippen molar-refractivity contribution in [3.63, 3.8) is 0 Å². The molecule has 0 saturated heterocycles. The molecule has 1 rings (SSSR count). The van der Waals surface area contributed by atoms with Gasteiger partial charge in [-0.3, -0.25) is 10.2 Å². The first-order chi connectivity index (χ1) is 6.16. The zero-order chi connectivity index (χ0) is 9.84. The fraction of sp³-hybridized carbons (Fsp3) is 0.375. The van der Waals surface area contributed by atoms with E-state index in [1.807, 2.05) is 13.8 Å². The highest BCUT2D eigenvalue weighted by Gasteiger charge is 2.13. The molecular formula is C8H12N4O. The molecule has 0 radical (unpaired) electrons. The van der Waals surface area contributed by atoms with E-state index in [1.54, 1.807) is 0 Å². The van der Waals surface area contributed by atoms with Gasteiger partial charge in [-0.25, -0.2) is 15.8 Å². The molecule has 5 nitrogen and oxygen atoms in total. The summed E-state index contributed by atoms with van der Waals surface area (Å²) in [6.45, 7) is 3.91. The minimum atomic E-state index is -0.357. The number of carbonyl (C=O) groups is 1. The van der Waals surface area contributed by atoms with Gasteiger partial charge in [-0.2, -0.15) is 0 Å². The number of carbonyl (C=O) groups excluding carboxylic acids is 1. The molecular weight excluding hydrogens is 168 g/mol. The van der Waals surface area contributed by atoms with Crippen molar-refractivity contribution in [2.75, 3.05) is 0 Å². The van der Waals surface area contributed by atoms with Gasteiger partial charge in [-0.1, -0.05) is 13.8 Å². The maximum absolute atomic E-state index is 11.2. The average molecular weight is 180 g/mol. The standard InChI is InChI=1S/C8H12N4O/c1-5(2)7-6(8(13)12-9)3-10-4-11-7/h3-5H,9H2,1-2H3,(H,12,13). The molecule has 0 aliphatic carbocycles. The minimum Gasteiger partial charge on any atom is -0.290 e. The molecule has 70 valence electrons. The van der Waals surface area contributed by atoms with E-state index in [9.17, 15) is 4.79 Å². The summed E-state index contributed by atoms with van der Waals surface area (Å²) in [7, 11) is 0. The van der Waals surface area contributed by atoms with E-state index in [0.717, 1.165) is 0 Å². The van der Waals surface area contributed by atoms with Gasteiger partial charge in [0.25, 0.3) is 5.91 Å². The van der Waals surface area contributed by atoms with Crippen molar-refractivity contribution in [3.8, 4) is 0 Å². The Morgan fingerprint density at radius 1 is 1.62 bits per heavy atom. The molecule has 0 aliphatic heterocycles. The van der Waals surface area contributed by atoms with Crippen molar-refractivity contribution in [3.05, 3.63) is 23.8 Å². The summed E-state index contributed by atoms with van der Waals surface area (Å²) in [5.74, 6) is 4.84. The maximum Gasteiger partial charge on any atom is 0.268 e. The molecule has 0 aromatic carbocycles. The van der Waals surface area contributed by atoms with Crippen molar-refractivity contribution < 1.29 is 4.79 Å². The van der Waals surface area contributed by atoms with Crippen LogP contribution in [-0.4, -0.2) is 15.9 Å². The Hall–Kier alpha value is -1.49. The topological polar surface area (TPSA) is 80.9 Å². The average Bonchev–Trinajstić information content (AvgIpc) is 2.16. The van der Waals surface area contributed by atoms with Crippen LogP contribution in [0.15, 0.2) is 12.5 Å². The van der Waals surface area contributed by atoms with Crippen LogP contribution in [0.4, 0.5) is 0 Å². The van der Waals surface area contributed by atoms with Crippen LogP contribution in [0, 0.1) is 0 Å². The van der Waals surface area contributed by atoms with Crippen molar-refractivity contribution in [2.45, 2.75) is 19.8 Å². The minimum absolute atomic E-state index is 0.176. The maximum atomic E-state index is 11.2. The lowest BCUT2D eigenvalue weighted by Crippen LogP contribution is -2.31. The first-order valence-corrected chi connectivity index (χ1v) is 3.97. The number of hydrogen-bond donors (Lipinski definition) is 2. The molecule has 0 unspecified atom stereocenters. The molecule has 0 fully saturated rings. The number of amides is 1. The Bertz CT molecular complexity index is 311. The predicted molar refractivity (Wildman–Crippen MR) is 47.8 cm³/mol. The lowest BCUT2D eigenvalue weighted by molar-refractivity contribution is 0.0951. The van der Waals surface area contributed by atoms with E-state index >= 15 is 0 Å². The third-order valence-corrected chi connectivity index (χ3v) is 1.67. The van der Waals surface area contributed by atoms with Gasteiger partial charge in [0, 0.05) is 6.20 Å². The van der Waals surface area contributed by atoms with Gasteiger partial charge in [0.15, 0.2) is 0 Å². The van der Waals surface area contributed by atoms with Gasteiger partial charge in [0.1, 0.15) is 6.33 Å². The molecule has 1 aromatic heterocycles. The number of nitrogens with two attached hydrogens (primary N) is 1. The number of aromatic nitrogens is 2. The summed E-state index contributed by atoms with van der Waals surface area (Å²) < 4.78 is 0. The van der Waals surface area contributed by atoms with Crippen molar-refractivity contribution in [1.82, 2.24) is 15.4 Å². The fourth-order valence-corrected chi connectivity index (χ4v) is 1.05. The second-order valence-electron chi connectivity index (χ2n) is 2.95. The van der Waals surface area contributed by atoms with E-state index in [4.69, 9.17) is 5.84 Å². The summed E-state index contributed by atoms with van der Waals surface area (Å²) in [6, 6.07) is 0. The van der Waals surface area contributed by atoms with Gasteiger partial charge in [-0.15, -0.1) is 0 Å². The summed E-state index contributed by atoms with van der Waals surface area (Å²) in [5.41, 5.74) is 3.19. The molecule has 0 bridgehead atoms. The molecule has 5 heteroatoms. The lowest BCUT2D eigenvalue weighted by Gasteiger charge is -2.08. The smallest absolute Gasteiger partial charge is 0.268 e. The van der Waals surface area contributed by atoms with Gasteiger partial charge < -0.3 is 0 Å². The van der Waals surface area contributed by atoms with Crippen molar-refractivity contribution >= 4 is 5.91 Å². The van der Waals surface area contributed by atoms with Gasteiger partial charge in [0.2, 0.25) is 0 Å². The molecule has 1 amide bonds. The summed E-state index contributed by atoms with van der Waals surface area (Å²) in [6.07, 6.45) is 2.88. The second-order valence-corrected chi connectivity index (χ2v) is 2.95. The molecule has 1 heterocycles. The lowest BCUT2D eigenvalue weighted by atomic mass is 10.1. The largest absolute Gasteiger partial charge is 0.290 e. The summed E-state index contributed by atoms with van der Waals surface area (Å²) in [5, 5.41) is 0. The number of hydrogen-bond acceptors (Lipinski definition) is 4. The first kappa shape index (κ1) is 9.60. The Morgan fingerprint density at radius 2 is 2.31 bits per heavy atom. The Kier molecular flexibility index (Phi) is 2.92. The Balaban J connectivity index is 3.12. The highest BCUT2D eigenvalue weighted by Crippen LogP contribution is 2.14. The summed E-state index contributed by atoms with van der Waals surface area (Å²) >= 11 is 0. The zero-order valence-corrected chi connectivity index (χ0v) is 7.61.